The van der Waals surface area contributed by atoms with Crippen LogP contribution in [0.25, 0.3) is 0 Å². The van der Waals surface area contributed by atoms with Gasteiger partial charge in [0.05, 0.1) is 13.2 Å². The SMILES string of the molecule is C[C@H]1CC=C2C(C)(CC[C@H]3C(C)(C)C4(CC[C@]23C)OCCO4)C1=CCCC=O. The molecule has 4 atom stereocenters. The topological polar surface area (TPSA) is 35.5 Å². The maximum Gasteiger partial charge on any atom is 0.173 e. The molecule has 4 aliphatic rings. The van der Waals surface area contributed by atoms with E-state index in [2.05, 4.69) is 46.8 Å². The molecule has 0 radical (unpaired) electrons. The Morgan fingerprint density at radius 1 is 1.07 bits per heavy atom. The number of hydrogen-bond donors (Lipinski definition) is 0. The number of allylic oxidation sites excluding steroid dienone is 4. The van der Waals surface area contributed by atoms with E-state index >= 15 is 0 Å². The van der Waals surface area contributed by atoms with Crippen LogP contribution in [-0.4, -0.2) is 25.3 Å². The zero-order valence-corrected chi connectivity index (χ0v) is 18.5. The molecule has 0 aromatic rings. The molecule has 1 unspecified atom stereocenters. The maximum atomic E-state index is 10.9. The first kappa shape index (κ1) is 20.3. The Labute approximate surface area is 170 Å². The van der Waals surface area contributed by atoms with Crippen molar-refractivity contribution in [3.63, 3.8) is 0 Å². The highest BCUT2D eigenvalue weighted by Gasteiger charge is 2.66. The standard InChI is InChI=1S/C25H38O3/c1-18-9-10-21-23(4,19(18)8-6-7-15-26)12-11-20-22(2,3)25(27-16-17-28-25)14-13-24(20,21)5/h8,10,15,18,20H,6-7,9,11-14,16-17H2,1-5H3/t18-,20-,23?,24-/m0/s1. The van der Waals surface area contributed by atoms with Crippen LogP contribution in [0.5, 0.6) is 0 Å². The lowest BCUT2D eigenvalue weighted by Crippen LogP contribution is -2.62. The molecule has 156 valence electrons. The Morgan fingerprint density at radius 2 is 1.79 bits per heavy atom. The second kappa shape index (κ2) is 6.80. The van der Waals surface area contributed by atoms with Crippen LogP contribution in [0.3, 0.4) is 0 Å². The minimum atomic E-state index is -0.393. The highest BCUT2D eigenvalue weighted by molar-refractivity contribution is 5.50. The van der Waals surface area contributed by atoms with Crippen LogP contribution in [0.1, 0.15) is 79.6 Å². The molecule has 2 saturated carbocycles. The van der Waals surface area contributed by atoms with Gasteiger partial charge in [0.25, 0.3) is 0 Å². The Hall–Kier alpha value is -0.930. The summed E-state index contributed by atoms with van der Waals surface area (Å²) in [5.41, 5.74) is 3.58. The molecular weight excluding hydrogens is 348 g/mol. The number of aldehydes is 1. The van der Waals surface area contributed by atoms with Crippen LogP contribution in [0.15, 0.2) is 23.3 Å². The quantitative estimate of drug-likeness (QED) is 0.347. The summed E-state index contributed by atoms with van der Waals surface area (Å²) in [4.78, 5) is 10.9. The summed E-state index contributed by atoms with van der Waals surface area (Å²) in [6.45, 7) is 13.6. The second-order valence-corrected chi connectivity index (χ2v) is 10.7. The van der Waals surface area contributed by atoms with E-state index in [1.165, 1.54) is 12.8 Å². The average molecular weight is 387 g/mol. The van der Waals surface area contributed by atoms with Gasteiger partial charge in [-0.05, 0) is 49.4 Å². The zero-order chi connectivity index (χ0) is 20.2. The van der Waals surface area contributed by atoms with Gasteiger partial charge in [-0.15, -0.1) is 0 Å². The van der Waals surface area contributed by atoms with Crippen LogP contribution >= 0.6 is 0 Å². The van der Waals surface area contributed by atoms with Gasteiger partial charge in [-0.2, -0.15) is 0 Å². The van der Waals surface area contributed by atoms with Crippen molar-refractivity contribution in [2.24, 2.45) is 28.1 Å². The Balaban J connectivity index is 1.72. The van der Waals surface area contributed by atoms with Gasteiger partial charge < -0.3 is 14.3 Å². The van der Waals surface area contributed by atoms with E-state index in [0.29, 0.717) is 18.3 Å². The number of unbranched alkanes of at least 4 members (excludes halogenated alkanes) is 1. The van der Waals surface area contributed by atoms with Crippen molar-refractivity contribution in [2.45, 2.75) is 85.4 Å². The molecule has 1 aliphatic heterocycles. The summed E-state index contributed by atoms with van der Waals surface area (Å²) in [6.07, 6.45) is 13.2. The molecule has 0 aromatic carbocycles. The minimum absolute atomic E-state index is 0.00310. The highest BCUT2D eigenvalue weighted by atomic mass is 16.7. The molecule has 1 spiro atoms. The summed E-state index contributed by atoms with van der Waals surface area (Å²) in [5, 5.41) is 0. The number of carbonyl (C=O) groups is 1. The van der Waals surface area contributed by atoms with Crippen molar-refractivity contribution >= 4 is 6.29 Å². The number of ether oxygens (including phenoxy) is 2. The molecule has 3 aliphatic carbocycles. The third-order valence-corrected chi connectivity index (χ3v) is 8.98. The lowest BCUT2D eigenvalue weighted by atomic mass is 9.42. The molecule has 0 N–H and O–H groups in total. The van der Waals surface area contributed by atoms with E-state index < -0.39 is 5.79 Å². The summed E-state index contributed by atoms with van der Waals surface area (Å²) in [5.74, 6) is 0.747. The van der Waals surface area contributed by atoms with E-state index in [9.17, 15) is 4.79 Å². The molecule has 4 rings (SSSR count). The van der Waals surface area contributed by atoms with Crippen molar-refractivity contribution in [2.75, 3.05) is 13.2 Å². The van der Waals surface area contributed by atoms with Gasteiger partial charge >= 0.3 is 0 Å². The van der Waals surface area contributed by atoms with Crippen molar-refractivity contribution < 1.29 is 14.3 Å². The third kappa shape index (κ3) is 2.65. The molecule has 3 nitrogen and oxygen atoms in total. The van der Waals surface area contributed by atoms with Crippen molar-refractivity contribution in [1.82, 2.24) is 0 Å². The number of rotatable bonds is 3. The first-order valence-corrected chi connectivity index (χ1v) is 11.3. The van der Waals surface area contributed by atoms with Crippen molar-refractivity contribution in [1.29, 1.82) is 0 Å². The summed E-state index contributed by atoms with van der Waals surface area (Å²) in [7, 11) is 0. The predicted molar refractivity (Wildman–Crippen MR) is 112 cm³/mol. The summed E-state index contributed by atoms with van der Waals surface area (Å²) >= 11 is 0. The fraction of sp³-hybridized carbons (Fsp3) is 0.800. The van der Waals surface area contributed by atoms with Gasteiger partial charge in [-0.25, -0.2) is 0 Å². The fourth-order valence-electron chi connectivity index (χ4n) is 7.61. The van der Waals surface area contributed by atoms with Crippen LogP contribution in [0.2, 0.25) is 0 Å². The number of carbonyl (C=O) groups excluding carboxylic acids is 1. The van der Waals surface area contributed by atoms with Crippen molar-refractivity contribution in [3.8, 4) is 0 Å². The molecule has 3 heteroatoms. The van der Waals surface area contributed by atoms with E-state index in [1.54, 1.807) is 11.1 Å². The number of hydrogen-bond acceptors (Lipinski definition) is 3. The van der Waals surface area contributed by atoms with E-state index in [4.69, 9.17) is 9.47 Å². The first-order chi connectivity index (χ1) is 13.2. The van der Waals surface area contributed by atoms with Crippen LogP contribution in [0.4, 0.5) is 0 Å². The molecule has 0 amide bonds. The first-order valence-electron chi connectivity index (χ1n) is 11.3. The molecule has 0 bridgehead atoms. The Kier molecular flexibility index (Phi) is 4.94. The largest absolute Gasteiger partial charge is 0.347 e. The fourth-order valence-corrected chi connectivity index (χ4v) is 7.61. The zero-order valence-electron chi connectivity index (χ0n) is 18.5. The summed E-state index contributed by atoms with van der Waals surface area (Å²) in [6, 6.07) is 0. The maximum absolute atomic E-state index is 10.9. The molecule has 1 heterocycles. The van der Waals surface area contributed by atoms with Crippen LogP contribution in [-0.2, 0) is 14.3 Å². The lowest BCUT2D eigenvalue weighted by molar-refractivity contribution is -0.284. The summed E-state index contributed by atoms with van der Waals surface area (Å²) < 4.78 is 12.5. The molecule has 28 heavy (non-hydrogen) atoms. The van der Waals surface area contributed by atoms with E-state index in [-0.39, 0.29) is 16.2 Å². The van der Waals surface area contributed by atoms with Gasteiger partial charge in [-0.3, -0.25) is 0 Å². The Morgan fingerprint density at radius 3 is 2.46 bits per heavy atom. The highest BCUT2D eigenvalue weighted by Crippen LogP contribution is 2.70. The monoisotopic (exact) mass is 386 g/mol. The lowest BCUT2D eigenvalue weighted by Gasteiger charge is -2.65. The van der Waals surface area contributed by atoms with Gasteiger partial charge in [-0.1, -0.05) is 57.9 Å². The van der Waals surface area contributed by atoms with E-state index in [0.717, 1.165) is 45.2 Å². The molecular formula is C25H38O3. The van der Waals surface area contributed by atoms with Gasteiger partial charge in [0.1, 0.15) is 6.29 Å². The minimum Gasteiger partial charge on any atom is -0.347 e. The molecule has 0 aromatic heterocycles. The Bertz CT molecular complexity index is 697. The predicted octanol–water partition coefficient (Wildman–Crippen LogP) is 5.84. The van der Waals surface area contributed by atoms with Crippen molar-refractivity contribution in [3.05, 3.63) is 23.3 Å². The normalized spacial score (nSPS) is 42.8. The van der Waals surface area contributed by atoms with Gasteiger partial charge in [0.15, 0.2) is 5.79 Å². The van der Waals surface area contributed by atoms with E-state index in [1.807, 2.05) is 0 Å². The average Bonchev–Trinajstić information content (AvgIpc) is 3.12. The van der Waals surface area contributed by atoms with Gasteiger partial charge in [0, 0.05) is 23.7 Å². The van der Waals surface area contributed by atoms with Gasteiger partial charge in [0.2, 0.25) is 0 Å². The number of fused-ring (bicyclic) bond motifs is 3. The second-order valence-electron chi connectivity index (χ2n) is 10.7. The molecule has 1 saturated heterocycles. The third-order valence-electron chi connectivity index (χ3n) is 8.98. The van der Waals surface area contributed by atoms with Crippen LogP contribution < -0.4 is 0 Å². The smallest absolute Gasteiger partial charge is 0.173 e. The van der Waals surface area contributed by atoms with Crippen LogP contribution in [0, 0.1) is 28.1 Å². The molecule has 3 fully saturated rings.